The molecule has 0 saturated carbocycles. The first kappa shape index (κ1) is 7.00. The van der Waals surface area contributed by atoms with Gasteiger partial charge in [-0.15, -0.1) is 0 Å². The van der Waals surface area contributed by atoms with Crippen molar-refractivity contribution in [1.29, 1.82) is 0 Å². The Morgan fingerprint density at radius 2 is 2.18 bits per heavy atom. The van der Waals surface area contributed by atoms with Crippen molar-refractivity contribution in [3.05, 3.63) is 0 Å². The first-order valence-electron chi connectivity index (χ1n) is 3.71. The number of rotatable bonds is 1. The zero-order chi connectivity index (χ0) is 7.52. The Hall–Kier alpha value is -0.675. The molecule has 0 bridgehead atoms. The maximum atomic E-state index is 5.31. The first-order chi connectivity index (χ1) is 5.47. The summed E-state index contributed by atoms with van der Waals surface area (Å²) in [4.78, 5) is 7.95. The molecule has 4 nitrogen and oxygen atoms in total. The van der Waals surface area contributed by atoms with Crippen LogP contribution < -0.4 is 0 Å². The zero-order valence-corrected chi connectivity index (χ0v) is 6.14. The highest BCUT2D eigenvalue weighted by molar-refractivity contribution is 6.51. The molecule has 2 aliphatic rings. The molecule has 0 aromatic heterocycles. The number of hydrogen-bond acceptors (Lipinski definition) is 4. The number of hydrogen-bond donors (Lipinski definition) is 0. The minimum atomic E-state index is -0.115. The number of aliphatic imine (C=N–C) groups is 2. The molecule has 0 spiro atoms. The van der Waals surface area contributed by atoms with Crippen LogP contribution in [0.2, 0.25) is 5.82 Å². The molecule has 2 rings (SSSR count). The fraction of sp³-hybridized carbons (Fsp3) is 0.667. The molecule has 2 heterocycles. The van der Waals surface area contributed by atoms with Crippen LogP contribution in [0.3, 0.4) is 0 Å². The van der Waals surface area contributed by atoms with E-state index >= 15 is 0 Å². The van der Waals surface area contributed by atoms with Crippen molar-refractivity contribution in [2.75, 3.05) is 19.8 Å². The predicted octanol–water partition coefficient (Wildman–Crippen LogP) is 0.00430. The monoisotopic (exact) mass is 152 g/mol. The predicted molar refractivity (Wildman–Crippen MR) is 43.3 cm³/mol. The third-order valence-corrected chi connectivity index (χ3v) is 1.74. The summed E-state index contributed by atoms with van der Waals surface area (Å²) in [6.07, 6.45) is 3.40. The van der Waals surface area contributed by atoms with E-state index < -0.39 is 0 Å². The van der Waals surface area contributed by atoms with E-state index in [2.05, 4.69) is 9.98 Å². The maximum absolute atomic E-state index is 5.31. The van der Waals surface area contributed by atoms with Crippen LogP contribution in [0.1, 0.15) is 0 Å². The molecule has 1 unspecified atom stereocenters. The molecule has 1 saturated heterocycles. The summed E-state index contributed by atoms with van der Waals surface area (Å²) in [5.41, 5.74) is 0. The van der Waals surface area contributed by atoms with Crippen LogP contribution in [0.25, 0.3) is 0 Å². The molecular weight excluding hydrogens is 143 g/mol. The molecule has 58 valence electrons. The summed E-state index contributed by atoms with van der Waals surface area (Å²) in [5, 5.41) is 0. The first-order valence-corrected chi connectivity index (χ1v) is 3.71. The molecule has 5 heteroatoms. The van der Waals surface area contributed by atoms with Gasteiger partial charge in [-0.3, -0.25) is 4.99 Å². The summed E-state index contributed by atoms with van der Waals surface area (Å²) in [6.45, 7) is 2.12. The van der Waals surface area contributed by atoms with Gasteiger partial charge >= 0.3 is 7.12 Å². The standard InChI is InChI=1S/C6H9BN2O2/c1-2-11-7(10-1)6-3-8-5-9-4-6/h3,5-6H,1-2,4H2. The summed E-state index contributed by atoms with van der Waals surface area (Å²) in [7, 11) is -0.115. The van der Waals surface area contributed by atoms with Gasteiger partial charge in [-0.1, -0.05) is 0 Å². The zero-order valence-electron chi connectivity index (χ0n) is 6.14. The largest absolute Gasteiger partial charge is 0.467 e. The maximum Gasteiger partial charge on any atom is 0.467 e. The van der Waals surface area contributed by atoms with Crippen LogP contribution in [0, 0.1) is 0 Å². The quantitative estimate of drug-likeness (QED) is 0.496. The van der Waals surface area contributed by atoms with E-state index in [1.165, 1.54) is 0 Å². The fourth-order valence-electron chi connectivity index (χ4n) is 1.19. The fourth-order valence-corrected chi connectivity index (χ4v) is 1.19. The Balaban J connectivity index is 1.94. The van der Waals surface area contributed by atoms with E-state index in [1.807, 2.05) is 6.21 Å². The Morgan fingerprint density at radius 1 is 1.36 bits per heavy atom. The average Bonchev–Trinajstić information content (AvgIpc) is 2.58. The molecule has 0 aromatic rings. The smallest absolute Gasteiger partial charge is 0.408 e. The highest BCUT2D eigenvalue weighted by Crippen LogP contribution is 2.16. The minimum absolute atomic E-state index is 0.115. The van der Waals surface area contributed by atoms with Gasteiger partial charge in [-0.25, -0.2) is 4.99 Å². The molecule has 0 radical (unpaired) electrons. The van der Waals surface area contributed by atoms with E-state index in [9.17, 15) is 0 Å². The van der Waals surface area contributed by atoms with E-state index in [1.54, 1.807) is 6.34 Å². The Labute approximate surface area is 65.5 Å². The van der Waals surface area contributed by atoms with Gasteiger partial charge in [-0.05, 0) is 0 Å². The lowest BCUT2D eigenvalue weighted by molar-refractivity contribution is 0.365. The van der Waals surface area contributed by atoms with E-state index in [0.29, 0.717) is 13.2 Å². The molecule has 11 heavy (non-hydrogen) atoms. The highest BCUT2D eigenvalue weighted by atomic mass is 16.6. The van der Waals surface area contributed by atoms with Crippen molar-refractivity contribution in [1.82, 2.24) is 0 Å². The molecule has 0 amide bonds. The second kappa shape index (κ2) is 3.15. The molecule has 0 aromatic carbocycles. The summed E-state index contributed by atoms with van der Waals surface area (Å²) in [5.74, 6) is 0.211. The summed E-state index contributed by atoms with van der Waals surface area (Å²) in [6, 6.07) is 0. The Bertz CT molecular complexity index is 189. The average molecular weight is 152 g/mol. The Kier molecular flexibility index (Phi) is 2.00. The molecule has 2 aliphatic heterocycles. The SMILES string of the molecule is C1=NC=NCC1B1OCCO1. The second-order valence-corrected chi connectivity index (χ2v) is 2.55. The van der Waals surface area contributed by atoms with Crippen molar-refractivity contribution in [3.8, 4) is 0 Å². The normalized spacial score (nSPS) is 29.8. The van der Waals surface area contributed by atoms with E-state index in [4.69, 9.17) is 9.31 Å². The van der Waals surface area contributed by atoms with Crippen LogP contribution >= 0.6 is 0 Å². The van der Waals surface area contributed by atoms with Crippen molar-refractivity contribution >= 4 is 19.7 Å². The van der Waals surface area contributed by atoms with Gasteiger partial charge in [0.1, 0.15) is 6.34 Å². The van der Waals surface area contributed by atoms with Gasteiger partial charge in [0.15, 0.2) is 0 Å². The molecule has 0 aliphatic carbocycles. The minimum Gasteiger partial charge on any atom is -0.408 e. The van der Waals surface area contributed by atoms with Crippen LogP contribution in [0.15, 0.2) is 9.98 Å². The Morgan fingerprint density at radius 3 is 2.82 bits per heavy atom. The molecule has 1 fully saturated rings. The lowest BCUT2D eigenvalue weighted by atomic mass is 9.72. The third kappa shape index (κ3) is 1.49. The third-order valence-electron chi connectivity index (χ3n) is 1.74. The van der Waals surface area contributed by atoms with Gasteiger partial charge in [0.05, 0.1) is 13.2 Å². The van der Waals surface area contributed by atoms with Crippen LogP contribution in [-0.2, 0) is 9.31 Å². The van der Waals surface area contributed by atoms with E-state index in [-0.39, 0.29) is 12.9 Å². The van der Waals surface area contributed by atoms with Gasteiger partial charge in [0.2, 0.25) is 0 Å². The van der Waals surface area contributed by atoms with Crippen LogP contribution in [0.5, 0.6) is 0 Å². The molecule has 1 atom stereocenters. The van der Waals surface area contributed by atoms with Crippen molar-refractivity contribution in [2.24, 2.45) is 9.98 Å². The summed E-state index contributed by atoms with van der Waals surface area (Å²) >= 11 is 0. The second-order valence-electron chi connectivity index (χ2n) is 2.55. The lowest BCUT2D eigenvalue weighted by Gasteiger charge is -2.12. The van der Waals surface area contributed by atoms with E-state index in [0.717, 1.165) is 6.54 Å². The van der Waals surface area contributed by atoms with Gasteiger partial charge in [0.25, 0.3) is 0 Å². The van der Waals surface area contributed by atoms with Gasteiger partial charge in [0, 0.05) is 18.6 Å². The van der Waals surface area contributed by atoms with Crippen molar-refractivity contribution < 1.29 is 9.31 Å². The van der Waals surface area contributed by atoms with Gasteiger partial charge < -0.3 is 9.31 Å². The van der Waals surface area contributed by atoms with Crippen molar-refractivity contribution in [2.45, 2.75) is 5.82 Å². The van der Waals surface area contributed by atoms with Gasteiger partial charge in [-0.2, -0.15) is 0 Å². The molecular formula is C6H9BN2O2. The summed E-state index contributed by atoms with van der Waals surface area (Å²) < 4.78 is 10.6. The number of nitrogens with zero attached hydrogens (tertiary/aromatic N) is 2. The van der Waals surface area contributed by atoms with Crippen LogP contribution in [0.4, 0.5) is 0 Å². The topological polar surface area (TPSA) is 43.2 Å². The van der Waals surface area contributed by atoms with Crippen molar-refractivity contribution in [3.63, 3.8) is 0 Å². The van der Waals surface area contributed by atoms with Crippen LogP contribution in [-0.4, -0.2) is 39.4 Å². The highest BCUT2D eigenvalue weighted by Gasteiger charge is 2.32. The lowest BCUT2D eigenvalue weighted by Crippen LogP contribution is -2.26. The molecule has 0 N–H and O–H groups in total.